The summed E-state index contributed by atoms with van der Waals surface area (Å²) in [5, 5.41) is 7.09. The summed E-state index contributed by atoms with van der Waals surface area (Å²) in [6.45, 7) is 6.58. The fourth-order valence-electron chi connectivity index (χ4n) is 2.18. The SMILES string of the molecule is CC(C)(C)NC(N)=NCc1nc(-c2cc3ccccc3o2)cs1. The molecule has 0 aliphatic rings. The minimum Gasteiger partial charge on any atom is -0.454 e. The van der Waals surface area contributed by atoms with Crippen molar-refractivity contribution in [1.82, 2.24) is 10.3 Å². The molecule has 0 saturated heterocycles. The molecule has 0 aliphatic heterocycles. The molecule has 0 bridgehead atoms. The third-order valence-electron chi connectivity index (χ3n) is 3.12. The van der Waals surface area contributed by atoms with Crippen molar-refractivity contribution < 1.29 is 4.42 Å². The zero-order valence-electron chi connectivity index (χ0n) is 13.5. The van der Waals surface area contributed by atoms with Crippen LogP contribution in [-0.2, 0) is 6.54 Å². The molecule has 23 heavy (non-hydrogen) atoms. The minimum atomic E-state index is -0.101. The third-order valence-corrected chi connectivity index (χ3v) is 3.95. The highest BCUT2D eigenvalue weighted by atomic mass is 32.1. The summed E-state index contributed by atoms with van der Waals surface area (Å²) >= 11 is 1.55. The second-order valence-electron chi connectivity index (χ2n) is 6.35. The number of guanidine groups is 1. The Balaban J connectivity index is 1.74. The first-order valence-corrected chi connectivity index (χ1v) is 8.30. The van der Waals surface area contributed by atoms with Crippen LogP contribution in [0, 0.1) is 0 Å². The van der Waals surface area contributed by atoms with E-state index in [4.69, 9.17) is 10.2 Å². The number of hydrogen-bond donors (Lipinski definition) is 2. The van der Waals surface area contributed by atoms with E-state index in [0.717, 1.165) is 27.4 Å². The maximum Gasteiger partial charge on any atom is 0.189 e. The molecule has 5 nitrogen and oxygen atoms in total. The summed E-state index contributed by atoms with van der Waals surface area (Å²) in [4.78, 5) is 8.91. The van der Waals surface area contributed by atoms with Crippen molar-refractivity contribution in [2.45, 2.75) is 32.9 Å². The molecule has 0 atom stereocenters. The lowest BCUT2D eigenvalue weighted by Gasteiger charge is -2.20. The standard InChI is InChI=1S/C17H20N4OS/c1-17(2,3)21-16(18)19-9-15-20-12(10-23-15)14-8-11-6-4-5-7-13(11)22-14/h4-8,10H,9H2,1-3H3,(H3,18,19,21). The Morgan fingerprint density at radius 3 is 2.87 bits per heavy atom. The summed E-state index contributed by atoms with van der Waals surface area (Å²) in [5.74, 6) is 1.21. The zero-order chi connectivity index (χ0) is 16.4. The normalized spacial score (nSPS) is 12.7. The molecule has 0 radical (unpaired) electrons. The van der Waals surface area contributed by atoms with Gasteiger partial charge in [0.05, 0.1) is 6.54 Å². The molecule has 2 aromatic heterocycles. The Kier molecular flexibility index (Phi) is 4.09. The fraction of sp³-hybridized carbons (Fsp3) is 0.294. The van der Waals surface area contributed by atoms with Crippen molar-refractivity contribution >= 4 is 28.3 Å². The summed E-state index contributed by atoms with van der Waals surface area (Å²) in [6.07, 6.45) is 0. The van der Waals surface area contributed by atoms with Gasteiger partial charge in [-0.05, 0) is 32.9 Å². The van der Waals surface area contributed by atoms with E-state index >= 15 is 0 Å². The Bertz CT molecular complexity index is 809. The number of fused-ring (bicyclic) bond motifs is 1. The van der Waals surface area contributed by atoms with Gasteiger partial charge in [0.15, 0.2) is 11.7 Å². The van der Waals surface area contributed by atoms with Crippen molar-refractivity contribution in [3.63, 3.8) is 0 Å². The average molecular weight is 328 g/mol. The maximum atomic E-state index is 5.87. The van der Waals surface area contributed by atoms with Crippen LogP contribution >= 0.6 is 11.3 Å². The van der Waals surface area contributed by atoms with Crippen LogP contribution in [0.25, 0.3) is 22.4 Å². The summed E-state index contributed by atoms with van der Waals surface area (Å²) < 4.78 is 5.83. The first-order valence-electron chi connectivity index (χ1n) is 7.42. The fourth-order valence-corrected chi connectivity index (χ4v) is 2.89. The van der Waals surface area contributed by atoms with E-state index in [1.165, 1.54) is 0 Å². The highest BCUT2D eigenvalue weighted by molar-refractivity contribution is 7.09. The van der Waals surface area contributed by atoms with Gasteiger partial charge in [-0.15, -0.1) is 11.3 Å². The number of rotatable bonds is 3. The van der Waals surface area contributed by atoms with Crippen molar-refractivity contribution in [3.05, 3.63) is 40.7 Å². The van der Waals surface area contributed by atoms with Crippen LogP contribution in [0.5, 0.6) is 0 Å². The number of hydrogen-bond acceptors (Lipinski definition) is 4. The first-order chi connectivity index (χ1) is 10.9. The molecule has 2 heterocycles. The van der Waals surface area contributed by atoms with Crippen LogP contribution in [0.2, 0.25) is 0 Å². The molecule has 0 fully saturated rings. The lowest BCUT2D eigenvalue weighted by atomic mass is 10.1. The van der Waals surface area contributed by atoms with Crippen LogP contribution in [0.3, 0.4) is 0 Å². The number of nitrogens with one attached hydrogen (secondary N) is 1. The van der Waals surface area contributed by atoms with Crippen molar-refractivity contribution in [3.8, 4) is 11.5 Å². The van der Waals surface area contributed by atoms with Crippen molar-refractivity contribution in [2.75, 3.05) is 0 Å². The van der Waals surface area contributed by atoms with Crippen molar-refractivity contribution in [1.29, 1.82) is 0 Å². The summed E-state index contributed by atoms with van der Waals surface area (Å²) in [6, 6.07) is 9.94. The number of aliphatic imine (C=N–C) groups is 1. The van der Waals surface area contributed by atoms with E-state index in [9.17, 15) is 0 Å². The number of aromatic nitrogens is 1. The predicted octanol–water partition coefficient (Wildman–Crippen LogP) is 3.76. The van der Waals surface area contributed by atoms with E-state index in [2.05, 4.69) is 15.3 Å². The molecule has 6 heteroatoms. The van der Waals surface area contributed by atoms with Crippen LogP contribution < -0.4 is 11.1 Å². The molecular weight excluding hydrogens is 308 g/mol. The Morgan fingerprint density at radius 1 is 1.35 bits per heavy atom. The molecular formula is C17H20N4OS. The van der Waals surface area contributed by atoms with Crippen LogP contribution in [-0.4, -0.2) is 16.5 Å². The van der Waals surface area contributed by atoms with Gasteiger partial charge >= 0.3 is 0 Å². The Hall–Kier alpha value is -2.34. The first kappa shape index (κ1) is 15.6. The predicted molar refractivity (Wildman–Crippen MR) is 95.5 cm³/mol. The van der Waals surface area contributed by atoms with E-state index in [0.29, 0.717) is 12.5 Å². The van der Waals surface area contributed by atoms with Gasteiger partial charge in [0.2, 0.25) is 0 Å². The molecule has 3 rings (SSSR count). The van der Waals surface area contributed by atoms with Gasteiger partial charge in [-0.3, -0.25) is 0 Å². The summed E-state index contributed by atoms with van der Waals surface area (Å²) in [7, 11) is 0. The van der Waals surface area contributed by atoms with Gasteiger partial charge in [0.25, 0.3) is 0 Å². The van der Waals surface area contributed by atoms with Crippen molar-refractivity contribution in [2.24, 2.45) is 10.7 Å². The molecule has 3 N–H and O–H groups in total. The lowest BCUT2D eigenvalue weighted by Crippen LogP contribution is -2.44. The maximum absolute atomic E-state index is 5.87. The molecule has 3 aromatic rings. The quantitative estimate of drug-likeness (QED) is 0.567. The average Bonchev–Trinajstić information content (AvgIpc) is 3.09. The van der Waals surface area contributed by atoms with Crippen LogP contribution in [0.15, 0.2) is 45.1 Å². The highest BCUT2D eigenvalue weighted by Crippen LogP contribution is 2.28. The second kappa shape index (κ2) is 6.04. The molecule has 0 spiro atoms. The number of thiazole rings is 1. The van der Waals surface area contributed by atoms with Gasteiger partial charge in [-0.1, -0.05) is 18.2 Å². The Morgan fingerprint density at radius 2 is 2.13 bits per heavy atom. The largest absolute Gasteiger partial charge is 0.454 e. The number of benzene rings is 1. The second-order valence-corrected chi connectivity index (χ2v) is 7.29. The minimum absolute atomic E-state index is 0.101. The van der Waals surface area contributed by atoms with E-state index in [1.54, 1.807) is 11.3 Å². The smallest absolute Gasteiger partial charge is 0.189 e. The van der Waals surface area contributed by atoms with Gasteiger partial charge in [0.1, 0.15) is 16.3 Å². The monoisotopic (exact) mass is 328 g/mol. The molecule has 0 amide bonds. The number of furan rings is 1. The van der Waals surface area contributed by atoms with E-state index in [-0.39, 0.29) is 5.54 Å². The molecule has 1 aromatic carbocycles. The van der Waals surface area contributed by atoms with E-state index < -0.39 is 0 Å². The van der Waals surface area contributed by atoms with Gasteiger partial charge in [-0.25, -0.2) is 9.98 Å². The number of nitrogens with two attached hydrogens (primary N) is 1. The topological polar surface area (TPSA) is 76.4 Å². The van der Waals surface area contributed by atoms with Gasteiger partial charge < -0.3 is 15.5 Å². The number of nitrogens with zero attached hydrogens (tertiary/aromatic N) is 2. The number of para-hydroxylation sites is 1. The molecule has 120 valence electrons. The zero-order valence-corrected chi connectivity index (χ0v) is 14.3. The van der Waals surface area contributed by atoms with Crippen LogP contribution in [0.1, 0.15) is 25.8 Å². The van der Waals surface area contributed by atoms with E-state index in [1.807, 2.05) is 56.5 Å². The molecule has 0 unspecified atom stereocenters. The highest BCUT2D eigenvalue weighted by Gasteiger charge is 2.11. The summed E-state index contributed by atoms with van der Waals surface area (Å²) in [5.41, 5.74) is 7.47. The lowest BCUT2D eigenvalue weighted by molar-refractivity contribution is 0.508. The van der Waals surface area contributed by atoms with Crippen LogP contribution in [0.4, 0.5) is 0 Å². The molecule has 0 saturated carbocycles. The van der Waals surface area contributed by atoms with Gasteiger partial charge in [0, 0.05) is 16.3 Å². The van der Waals surface area contributed by atoms with Gasteiger partial charge in [-0.2, -0.15) is 0 Å². The third kappa shape index (κ3) is 3.90. The Labute approximate surface area is 139 Å². The molecule has 0 aliphatic carbocycles.